The number of rotatable bonds is 2. The summed E-state index contributed by atoms with van der Waals surface area (Å²) < 4.78 is 7.60. The highest BCUT2D eigenvalue weighted by atomic mass is 16.5. The zero-order valence-corrected chi connectivity index (χ0v) is 14.8. The van der Waals surface area contributed by atoms with Crippen molar-refractivity contribution in [3.63, 3.8) is 0 Å². The maximum atomic E-state index is 5.39. The number of hydrogen-bond acceptors (Lipinski definition) is 4. The Hall–Kier alpha value is -2.30. The lowest BCUT2D eigenvalue weighted by atomic mass is 9.92. The molecule has 1 aliphatic rings. The summed E-state index contributed by atoms with van der Waals surface area (Å²) in [7, 11) is 3.80. The van der Waals surface area contributed by atoms with Gasteiger partial charge < -0.3 is 14.2 Å². The third-order valence-electron chi connectivity index (χ3n) is 5.13. The van der Waals surface area contributed by atoms with Crippen molar-refractivity contribution >= 4 is 27.8 Å². The van der Waals surface area contributed by atoms with Crippen molar-refractivity contribution in [2.45, 2.75) is 20.3 Å². The van der Waals surface area contributed by atoms with Crippen LogP contribution in [0.4, 0.5) is 5.82 Å². The summed E-state index contributed by atoms with van der Waals surface area (Å²) in [5, 5.41) is 1.12. The third kappa shape index (κ3) is 2.30. The molecule has 0 amide bonds. The molecule has 0 aliphatic carbocycles. The van der Waals surface area contributed by atoms with E-state index in [9.17, 15) is 0 Å². The van der Waals surface area contributed by atoms with Gasteiger partial charge in [0.05, 0.1) is 12.6 Å². The maximum Gasteiger partial charge on any atom is 0.156 e. The molecule has 0 radical (unpaired) electrons. The van der Waals surface area contributed by atoms with Crippen molar-refractivity contribution in [1.82, 2.24) is 14.5 Å². The van der Waals surface area contributed by atoms with Crippen molar-refractivity contribution in [2.24, 2.45) is 18.9 Å². The molecule has 1 saturated heterocycles. The van der Waals surface area contributed by atoms with Gasteiger partial charge in [-0.1, -0.05) is 13.8 Å². The van der Waals surface area contributed by atoms with Gasteiger partial charge in [-0.3, -0.25) is 0 Å². The second-order valence-electron chi connectivity index (χ2n) is 7.19. The maximum absolute atomic E-state index is 5.39. The standard InChI is InChI=1S/C19H24N4O/c1-12-7-13(2)10-23(9-12)19-18-17(20-11-21-19)15-8-14(24-4)5-6-16(15)22(18)3/h5-6,8,11-13H,7,9-10H2,1-4H3/t12-,13-/m0/s1. The fraction of sp³-hybridized carbons (Fsp3) is 0.474. The van der Waals surface area contributed by atoms with Crippen LogP contribution >= 0.6 is 0 Å². The third-order valence-corrected chi connectivity index (χ3v) is 5.13. The highest BCUT2D eigenvalue weighted by molar-refractivity contribution is 6.09. The van der Waals surface area contributed by atoms with Gasteiger partial charge >= 0.3 is 0 Å². The number of ether oxygens (including phenoxy) is 1. The van der Waals surface area contributed by atoms with E-state index in [-0.39, 0.29) is 0 Å². The lowest BCUT2D eigenvalue weighted by Crippen LogP contribution is -2.39. The summed E-state index contributed by atoms with van der Waals surface area (Å²) >= 11 is 0. The van der Waals surface area contributed by atoms with Gasteiger partial charge in [-0.25, -0.2) is 9.97 Å². The number of aromatic nitrogens is 3. The van der Waals surface area contributed by atoms with Crippen molar-refractivity contribution in [2.75, 3.05) is 25.1 Å². The molecule has 1 fully saturated rings. The second kappa shape index (κ2) is 5.65. The van der Waals surface area contributed by atoms with Crippen LogP contribution in [0.1, 0.15) is 20.3 Å². The topological polar surface area (TPSA) is 43.2 Å². The Morgan fingerprint density at radius 3 is 2.58 bits per heavy atom. The molecule has 0 N–H and O–H groups in total. The molecule has 4 rings (SSSR count). The molecule has 24 heavy (non-hydrogen) atoms. The highest BCUT2D eigenvalue weighted by Crippen LogP contribution is 2.35. The molecule has 3 heterocycles. The van der Waals surface area contributed by atoms with Gasteiger partial charge in [0.2, 0.25) is 0 Å². The van der Waals surface area contributed by atoms with E-state index in [4.69, 9.17) is 4.74 Å². The Bertz CT molecular complexity index is 891. The summed E-state index contributed by atoms with van der Waals surface area (Å²) in [6.07, 6.45) is 2.98. The fourth-order valence-corrected chi connectivity index (χ4v) is 4.19. The predicted octanol–water partition coefficient (Wildman–Crippen LogP) is 3.61. The van der Waals surface area contributed by atoms with Crippen LogP contribution in [-0.4, -0.2) is 34.7 Å². The van der Waals surface area contributed by atoms with E-state index >= 15 is 0 Å². The van der Waals surface area contributed by atoms with Gasteiger partial charge in [0.1, 0.15) is 23.1 Å². The largest absolute Gasteiger partial charge is 0.497 e. The highest BCUT2D eigenvalue weighted by Gasteiger charge is 2.26. The first-order chi connectivity index (χ1) is 11.6. The van der Waals surface area contributed by atoms with Crippen LogP contribution < -0.4 is 9.64 Å². The van der Waals surface area contributed by atoms with Crippen molar-refractivity contribution in [1.29, 1.82) is 0 Å². The monoisotopic (exact) mass is 324 g/mol. The predicted molar refractivity (Wildman–Crippen MR) is 97.7 cm³/mol. The van der Waals surface area contributed by atoms with E-state index in [1.54, 1.807) is 13.4 Å². The summed E-state index contributed by atoms with van der Waals surface area (Å²) in [6, 6.07) is 6.16. The molecule has 3 aromatic rings. The molecule has 0 spiro atoms. The minimum Gasteiger partial charge on any atom is -0.497 e. The summed E-state index contributed by atoms with van der Waals surface area (Å²) in [5.74, 6) is 3.29. The van der Waals surface area contributed by atoms with Gasteiger partial charge in [-0.05, 0) is 36.5 Å². The van der Waals surface area contributed by atoms with E-state index in [2.05, 4.69) is 52.5 Å². The number of piperidine rings is 1. The van der Waals surface area contributed by atoms with Gasteiger partial charge in [0.15, 0.2) is 5.82 Å². The average molecular weight is 324 g/mol. The molecule has 5 heteroatoms. The molecule has 2 aromatic heterocycles. The minimum atomic E-state index is 0.688. The van der Waals surface area contributed by atoms with Gasteiger partial charge in [-0.2, -0.15) is 0 Å². The van der Waals surface area contributed by atoms with Crippen LogP contribution in [-0.2, 0) is 7.05 Å². The van der Waals surface area contributed by atoms with Crippen LogP contribution in [0.2, 0.25) is 0 Å². The van der Waals surface area contributed by atoms with E-state index in [0.29, 0.717) is 11.8 Å². The second-order valence-corrected chi connectivity index (χ2v) is 7.19. The lowest BCUT2D eigenvalue weighted by Gasteiger charge is -2.36. The molecule has 126 valence electrons. The smallest absolute Gasteiger partial charge is 0.156 e. The Labute approximate surface area is 142 Å². The molecule has 2 atom stereocenters. The number of fused-ring (bicyclic) bond motifs is 3. The van der Waals surface area contributed by atoms with Gasteiger partial charge in [0.25, 0.3) is 0 Å². The molecule has 0 unspecified atom stereocenters. The fourth-order valence-electron chi connectivity index (χ4n) is 4.19. The number of aryl methyl sites for hydroxylation is 1. The quantitative estimate of drug-likeness (QED) is 0.722. The number of methoxy groups -OCH3 is 1. The van der Waals surface area contributed by atoms with Gasteiger partial charge in [-0.15, -0.1) is 0 Å². The van der Waals surface area contributed by atoms with Crippen LogP contribution in [0.25, 0.3) is 21.9 Å². The van der Waals surface area contributed by atoms with Crippen LogP contribution in [0.5, 0.6) is 5.75 Å². The number of hydrogen-bond donors (Lipinski definition) is 0. The normalized spacial score (nSPS) is 21.6. The van der Waals surface area contributed by atoms with E-state index in [1.165, 1.54) is 6.42 Å². The number of anilines is 1. The Morgan fingerprint density at radius 1 is 1.12 bits per heavy atom. The Balaban J connectivity index is 1.94. The Morgan fingerprint density at radius 2 is 1.88 bits per heavy atom. The molecule has 1 aromatic carbocycles. The van der Waals surface area contributed by atoms with E-state index < -0.39 is 0 Å². The van der Waals surface area contributed by atoms with Crippen molar-refractivity contribution in [3.05, 3.63) is 24.5 Å². The number of nitrogens with zero attached hydrogens (tertiary/aromatic N) is 4. The zero-order valence-electron chi connectivity index (χ0n) is 14.8. The first-order valence-corrected chi connectivity index (χ1v) is 8.60. The molecule has 0 saturated carbocycles. The Kier molecular flexibility index (Phi) is 3.59. The number of benzene rings is 1. The molecule has 5 nitrogen and oxygen atoms in total. The van der Waals surface area contributed by atoms with Crippen molar-refractivity contribution < 1.29 is 4.74 Å². The molecular weight excluding hydrogens is 300 g/mol. The lowest BCUT2D eigenvalue weighted by molar-refractivity contribution is 0.355. The van der Waals surface area contributed by atoms with Gasteiger partial charge in [0, 0.05) is 25.5 Å². The molecular formula is C19H24N4O. The molecule has 1 aliphatic heterocycles. The zero-order chi connectivity index (χ0) is 16.8. The summed E-state index contributed by atoms with van der Waals surface area (Å²) in [6.45, 7) is 6.77. The SMILES string of the molecule is COc1ccc2c(c1)c1ncnc(N3C[C@@H](C)C[C@H](C)C3)c1n2C. The minimum absolute atomic E-state index is 0.688. The van der Waals surface area contributed by atoms with Crippen LogP contribution in [0.15, 0.2) is 24.5 Å². The molecule has 0 bridgehead atoms. The summed E-state index contributed by atoms with van der Waals surface area (Å²) in [5.41, 5.74) is 3.27. The van der Waals surface area contributed by atoms with Crippen LogP contribution in [0, 0.1) is 11.8 Å². The van der Waals surface area contributed by atoms with Crippen LogP contribution in [0.3, 0.4) is 0 Å². The average Bonchev–Trinajstić information content (AvgIpc) is 2.86. The van der Waals surface area contributed by atoms with E-state index in [0.717, 1.165) is 46.6 Å². The van der Waals surface area contributed by atoms with E-state index in [1.807, 2.05) is 6.07 Å². The van der Waals surface area contributed by atoms with Crippen molar-refractivity contribution in [3.8, 4) is 5.75 Å². The first-order valence-electron chi connectivity index (χ1n) is 8.60. The first kappa shape index (κ1) is 15.2. The summed E-state index contributed by atoms with van der Waals surface area (Å²) in [4.78, 5) is 11.7.